The Morgan fingerprint density at radius 3 is 2.52 bits per heavy atom. The van der Waals surface area contributed by atoms with E-state index in [0.717, 1.165) is 28.6 Å². The lowest BCUT2D eigenvalue weighted by Crippen LogP contribution is -2.47. The number of rotatable bonds is 3. The predicted molar refractivity (Wildman–Crippen MR) is 89.5 cm³/mol. The van der Waals surface area contributed by atoms with E-state index in [-0.39, 0.29) is 5.41 Å². The molecule has 1 saturated carbocycles. The molecule has 3 rings (SSSR count). The van der Waals surface area contributed by atoms with Crippen LogP contribution in [0.2, 0.25) is 5.02 Å². The average molecular weight is 362 g/mol. The smallest absolute Gasteiger partial charge is 0.0861 e. The first kappa shape index (κ1) is 14.4. The quantitative estimate of drug-likeness (QED) is 0.821. The molecule has 2 aromatic carbocycles. The fraction of sp³-hybridized carbons (Fsp3) is 0.235. The number of hydrogen-bond acceptors (Lipinski definition) is 2. The second-order valence-corrected chi connectivity index (χ2v) is 6.70. The number of nitrogens with zero attached hydrogens (tertiary/aromatic N) is 1. The first-order valence-electron chi connectivity index (χ1n) is 6.81. The number of nitrogens with one attached hydrogen (secondary N) is 1. The summed E-state index contributed by atoms with van der Waals surface area (Å²) in [5.41, 5.74) is 1.75. The van der Waals surface area contributed by atoms with Crippen LogP contribution in [0.15, 0.2) is 53.0 Å². The maximum absolute atomic E-state index is 9.55. The highest BCUT2D eigenvalue weighted by molar-refractivity contribution is 9.10. The Morgan fingerprint density at radius 1 is 1.19 bits per heavy atom. The molecule has 0 unspecified atom stereocenters. The predicted octanol–water partition coefficient (Wildman–Crippen LogP) is 5.14. The van der Waals surface area contributed by atoms with Gasteiger partial charge in [0.25, 0.3) is 0 Å². The van der Waals surface area contributed by atoms with Crippen molar-refractivity contribution in [2.24, 2.45) is 0 Å². The summed E-state index contributed by atoms with van der Waals surface area (Å²) in [7, 11) is 0. The monoisotopic (exact) mass is 360 g/mol. The van der Waals surface area contributed by atoms with E-state index in [4.69, 9.17) is 11.6 Å². The maximum Gasteiger partial charge on any atom is 0.0861 e. The van der Waals surface area contributed by atoms with Gasteiger partial charge in [-0.05, 0) is 52.5 Å². The van der Waals surface area contributed by atoms with E-state index in [1.165, 1.54) is 0 Å². The van der Waals surface area contributed by atoms with Crippen molar-refractivity contribution in [2.75, 3.05) is 5.32 Å². The van der Waals surface area contributed by atoms with Gasteiger partial charge in [0.15, 0.2) is 0 Å². The summed E-state index contributed by atoms with van der Waals surface area (Å²) in [6.07, 6.45) is 1.64. The van der Waals surface area contributed by atoms with Gasteiger partial charge in [0.1, 0.15) is 0 Å². The van der Waals surface area contributed by atoms with Gasteiger partial charge in [0, 0.05) is 16.2 Å². The summed E-state index contributed by atoms with van der Waals surface area (Å²) in [5.74, 6) is 0. The molecule has 2 nitrogen and oxygen atoms in total. The van der Waals surface area contributed by atoms with Crippen LogP contribution in [0.3, 0.4) is 0 Å². The standard InChI is InChI=1S/C17H14BrClN2/c18-15-7-6-13(8-16(15)19)21-14-9-17(10-14,11-20)12-4-2-1-3-5-12/h1-8,14,21H,9-10H2. The molecule has 0 amide bonds. The van der Waals surface area contributed by atoms with E-state index in [1.54, 1.807) is 0 Å². The van der Waals surface area contributed by atoms with Crippen molar-refractivity contribution < 1.29 is 0 Å². The number of anilines is 1. The Balaban J connectivity index is 1.70. The van der Waals surface area contributed by atoms with Crippen molar-refractivity contribution >= 4 is 33.2 Å². The van der Waals surface area contributed by atoms with Gasteiger partial charge in [-0.25, -0.2) is 0 Å². The molecule has 1 fully saturated rings. The Labute approximate surface area is 137 Å². The third-order valence-corrected chi connectivity index (χ3v) is 5.25. The minimum absolute atomic E-state index is 0.307. The van der Waals surface area contributed by atoms with Crippen LogP contribution in [0.1, 0.15) is 18.4 Å². The van der Waals surface area contributed by atoms with Gasteiger partial charge < -0.3 is 5.32 Å². The minimum Gasteiger partial charge on any atom is -0.382 e. The molecule has 21 heavy (non-hydrogen) atoms. The fourth-order valence-corrected chi connectivity index (χ4v) is 3.28. The van der Waals surface area contributed by atoms with E-state index in [9.17, 15) is 5.26 Å². The van der Waals surface area contributed by atoms with Gasteiger partial charge in [-0.3, -0.25) is 0 Å². The van der Waals surface area contributed by atoms with E-state index < -0.39 is 0 Å². The normalized spacial score (nSPS) is 24.0. The van der Waals surface area contributed by atoms with Crippen LogP contribution < -0.4 is 5.32 Å². The molecule has 1 aliphatic carbocycles. The van der Waals surface area contributed by atoms with E-state index in [2.05, 4.69) is 27.3 Å². The van der Waals surface area contributed by atoms with Crippen molar-refractivity contribution in [1.29, 1.82) is 5.26 Å². The zero-order chi connectivity index (χ0) is 14.9. The highest BCUT2D eigenvalue weighted by Crippen LogP contribution is 2.44. The van der Waals surface area contributed by atoms with Crippen molar-refractivity contribution in [3.8, 4) is 6.07 Å². The maximum atomic E-state index is 9.55. The molecule has 0 aromatic heterocycles. The summed E-state index contributed by atoms with van der Waals surface area (Å²) in [5, 5.41) is 13.7. The Morgan fingerprint density at radius 2 is 1.90 bits per heavy atom. The number of nitriles is 1. The first-order chi connectivity index (χ1) is 10.1. The number of halogens is 2. The van der Waals surface area contributed by atoms with Gasteiger partial charge in [0.2, 0.25) is 0 Å². The molecular formula is C17H14BrClN2. The Bertz CT molecular complexity index is 688. The van der Waals surface area contributed by atoms with Crippen molar-refractivity contribution in [3.05, 3.63) is 63.6 Å². The molecule has 1 N–H and O–H groups in total. The summed E-state index contributed by atoms with van der Waals surface area (Å²) in [6, 6.07) is 18.7. The lowest BCUT2D eigenvalue weighted by molar-refractivity contribution is 0.289. The van der Waals surface area contributed by atoms with E-state index in [0.29, 0.717) is 11.1 Å². The first-order valence-corrected chi connectivity index (χ1v) is 7.98. The molecule has 0 radical (unpaired) electrons. The van der Waals surface area contributed by atoms with E-state index in [1.807, 2.05) is 48.5 Å². The Hall–Kier alpha value is -1.50. The summed E-state index contributed by atoms with van der Waals surface area (Å²) in [6.45, 7) is 0. The van der Waals surface area contributed by atoms with Crippen molar-refractivity contribution in [3.63, 3.8) is 0 Å². The lowest BCUT2D eigenvalue weighted by atomic mass is 9.62. The van der Waals surface area contributed by atoms with Gasteiger partial charge in [-0.2, -0.15) is 5.26 Å². The number of hydrogen-bond donors (Lipinski definition) is 1. The van der Waals surface area contributed by atoms with Crippen molar-refractivity contribution in [2.45, 2.75) is 24.3 Å². The fourth-order valence-electron chi connectivity index (χ4n) is 2.85. The second-order valence-electron chi connectivity index (χ2n) is 5.44. The third-order valence-electron chi connectivity index (χ3n) is 4.02. The molecule has 106 valence electrons. The number of benzene rings is 2. The molecule has 0 atom stereocenters. The lowest BCUT2D eigenvalue weighted by Gasteiger charge is -2.43. The van der Waals surface area contributed by atoms with Crippen LogP contribution in [0.25, 0.3) is 0 Å². The van der Waals surface area contributed by atoms with Crippen LogP contribution in [0.4, 0.5) is 5.69 Å². The molecular weight excluding hydrogens is 348 g/mol. The highest BCUT2D eigenvalue weighted by atomic mass is 79.9. The topological polar surface area (TPSA) is 35.8 Å². The molecule has 0 saturated heterocycles. The second kappa shape index (κ2) is 5.71. The van der Waals surface area contributed by atoms with Crippen molar-refractivity contribution in [1.82, 2.24) is 0 Å². The molecule has 1 aliphatic rings. The largest absolute Gasteiger partial charge is 0.382 e. The summed E-state index contributed by atoms with van der Waals surface area (Å²) < 4.78 is 0.888. The van der Waals surface area contributed by atoms with Gasteiger partial charge in [-0.15, -0.1) is 0 Å². The molecule has 0 spiro atoms. The summed E-state index contributed by atoms with van der Waals surface area (Å²) in [4.78, 5) is 0. The van der Waals surface area contributed by atoms with Crippen LogP contribution in [0.5, 0.6) is 0 Å². The third kappa shape index (κ3) is 2.79. The zero-order valence-corrected chi connectivity index (χ0v) is 13.7. The van der Waals surface area contributed by atoms with Gasteiger partial charge >= 0.3 is 0 Å². The zero-order valence-electron chi connectivity index (χ0n) is 11.3. The summed E-state index contributed by atoms with van der Waals surface area (Å²) >= 11 is 9.48. The van der Waals surface area contributed by atoms with Crippen LogP contribution in [-0.2, 0) is 5.41 Å². The molecule has 0 heterocycles. The van der Waals surface area contributed by atoms with Gasteiger partial charge in [-0.1, -0.05) is 41.9 Å². The van der Waals surface area contributed by atoms with Crippen LogP contribution in [0, 0.1) is 11.3 Å². The van der Waals surface area contributed by atoms with Crippen LogP contribution in [-0.4, -0.2) is 6.04 Å². The highest BCUT2D eigenvalue weighted by Gasteiger charge is 2.46. The minimum atomic E-state index is -0.349. The SMILES string of the molecule is N#CC1(c2ccccc2)CC(Nc2ccc(Br)c(Cl)c2)C1. The molecule has 0 aliphatic heterocycles. The van der Waals surface area contributed by atoms with E-state index >= 15 is 0 Å². The van der Waals surface area contributed by atoms with Gasteiger partial charge in [0.05, 0.1) is 16.5 Å². The Kier molecular flexibility index (Phi) is 3.93. The molecule has 2 aromatic rings. The van der Waals surface area contributed by atoms with Crippen LogP contribution >= 0.6 is 27.5 Å². The average Bonchev–Trinajstić information content (AvgIpc) is 2.47. The molecule has 0 bridgehead atoms. The molecule has 4 heteroatoms.